The minimum Gasteiger partial charge on any atom is -0.481 e. The van der Waals surface area contributed by atoms with Gasteiger partial charge in [0.15, 0.2) is 6.10 Å². The van der Waals surface area contributed by atoms with Crippen LogP contribution in [0.15, 0.2) is 48.5 Å². The molecular formula is C20H23NO2. The lowest BCUT2D eigenvalue weighted by Gasteiger charge is -2.22. The zero-order valence-corrected chi connectivity index (χ0v) is 13.5. The maximum Gasteiger partial charge on any atom is 0.265 e. The van der Waals surface area contributed by atoms with Crippen LogP contribution in [0.2, 0.25) is 0 Å². The van der Waals surface area contributed by atoms with Gasteiger partial charge in [0.1, 0.15) is 5.75 Å². The SMILES string of the molecule is CCC(Oc1ccccc1)C(=O)Nc1cccc2c1CCCC2. The Morgan fingerprint density at radius 2 is 1.87 bits per heavy atom. The second-order valence-electron chi connectivity index (χ2n) is 5.97. The molecule has 0 radical (unpaired) electrons. The second-order valence-corrected chi connectivity index (χ2v) is 5.97. The van der Waals surface area contributed by atoms with Gasteiger partial charge in [0.25, 0.3) is 5.91 Å². The van der Waals surface area contributed by atoms with E-state index in [0.29, 0.717) is 6.42 Å². The molecule has 0 bridgehead atoms. The Morgan fingerprint density at radius 3 is 2.65 bits per heavy atom. The summed E-state index contributed by atoms with van der Waals surface area (Å²) in [5, 5.41) is 3.08. The van der Waals surface area contributed by atoms with Gasteiger partial charge in [0.05, 0.1) is 0 Å². The maximum atomic E-state index is 12.6. The van der Waals surface area contributed by atoms with Crippen LogP contribution >= 0.6 is 0 Å². The van der Waals surface area contributed by atoms with Crippen LogP contribution in [-0.2, 0) is 17.6 Å². The molecule has 0 saturated heterocycles. The first-order valence-corrected chi connectivity index (χ1v) is 8.41. The Kier molecular flexibility index (Phi) is 4.96. The molecule has 0 heterocycles. The van der Waals surface area contributed by atoms with Crippen LogP contribution in [0.25, 0.3) is 0 Å². The number of ether oxygens (including phenoxy) is 1. The van der Waals surface area contributed by atoms with E-state index in [0.717, 1.165) is 24.3 Å². The van der Waals surface area contributed by atoms with Crippen molar-refractivity contribution >= 4 is 11.6 Å². The molecule has 0 fully saturated rings. The summed E-state index contributed by atoms with van der Waals surface area (Å²) in [5.74, 6) is 0.653. The summed E-state index contributed by atoms with van der Waals surface area (Å²) in [5.41, 5.74) is 3.61. The zero-order chi connectivity index (χ0) is 16.1. The first kappa shape index (κ1) is 15.6. The number of para-hydroxylation sites is 1. The summed E-state index contributed by atoms with van der Waals surface area (Å²) < 4.78 is 5.83. The van der Waals surface area contributed by atoms with Gasteiger partial charge in [-0.15, -0.1) is 0 Å². The van der Waals surface area contributed by atoms with Crippen molar-refractivity contribution in [2.75, 3.05) is 5.32 Å². The Balaban J connectivity index is 1.73. The van der Waals surface area contributed by atoms with Crippen LogP contribution in [-0.4, -0.2) is 12.0 Å². The van der Waals surface area contributed by atoms with Gasteiger partial charge >= 0.3 is 0 Å². The van der Waals surface area contributed by atoms with Crippen LogP contribution in [0.4, 0.5) is 5.69 Å². The van der Waals surface area contributed by atoms with Crippen LogP contribution < -0.4 is 10.1 Å². The lowest BCUT2D eigenvalue weighted by atomic mass is 9.90. The minimum absolute atomic E-state index is 0.0738. The molecule has 1 N–H and O–H groups in total. The van der Waals surface area contributed by atoms with E-state index >= 15 is 0 Å². The predicted octanol–water partition coefficient (Wildman–Crippen LogP) is 4.36. The number of rotatable bonds is 5. The molecule has 3 rings (SSSR count). The number of anilines is 1. The van der Waals surface area contributed by atoms with Gasteiger partial charge in [-0.3, -0.25) is 4.79 Å². The van der Waals surface area contributed by atoms with Crippen molar-refractivity contribution in [2.45, 2.75) is 45.1 Å². The molecule has 0 aromatic heterocycles. The fraction of sp³-hybridized carbons (Fsp3) is 0.350. The number of aryl methyl sites for hydroxylation is 1. The molecule has 3 heteroatoms. The smallest absolute Gasteiger partial charge is 0.265 e. The van der Waals surface area contributed by atoms with Gasteiger partial charge in [-0.05, 0) is 61.4 Å². The van der Waals surface area contributed by atoms with Gasteiger partial charge in [-0.25, -0.2) is 0 Å². The van der Waals surface area contributed by atoms with Crippen molar-refractivity contribution in [3.8, 4) is 5.75 Å². The number of fused-ring (bicyclic) bond motifs is 1. The number of benzene rings is 2. The first-order chi connectivity index (χ1) is 11.3. The molecule has 1 aliphatic rings. The number of carbonyl (C=O) groups excluding carboxylic acids is 1. The maximum absolute atomic E-state index is 12.6. The Morgan fingerprint density at radius 1 is 1.09 bits per heavy atom. The first-order valence-electron chi connectivity index (χ1n) is 8.41. The molecule has 3 nitrogen and oxygen atoms in total. The van der Waals surface area contributed by atoms with E-state index in [1.54, 1.807) is 0 Å². The molecule has 0 aliphatic heterocycles. The van der Waals surface area contributed by atoms with Gasteiger partial charge in [0.2, 0.25) is 0 Å². The molecule has 1 aliphatic carbocycles. The van der Waals surface area contributed by atoms with Gasteiger partial charge in [-0.1, -0.05) is 37.3 Å². The standard InChI is InChI=1S/C20H23NO2/c1-2-19(23-16-11-4-3-5-12-16)20(22)21-18-14-8-10-15-9-6-7-13-17(15)18/h3-5,8,10-12,14,19H,2,6-7,9,13H2,1H3,(H,21,22). The molecule has 1 amide bonds. The zero-order valence-electron chi connectivity index (χ0n) is 13.5. The van der Waals surface area contributed by atoms with Gasteiger partial charge in [0, 0.05) is 5.69 Å². The molecule has 1 unspecified atom stereocenters. The van der Waals surface area contributed by atoms with E-state index < -0.39 is 6.10 Å². The number of hydrogen-bond donors (Lipinski definition) is 1. The fourth-order valence-electron chi connectivity index (χ4n) is 3.10. The molecule has 23 heavy (non-hydrogen) atoms. The van der Waals surface area contributed by atoms with E-state index in [2.05, 4.69) is 11.4 Å². The van der Waals surface area contributed by atoms with Crippen molar-refractivity contribution in [2.24, 2.45) is 0 Å². The van der Waals surface area contributed by atoms with E-state index in [-0.39, 0.29) is 5.91 Å². The molecular weight excluding hydrogens is 286 g/mol. The van der Waals surface area contributed by atoms with Crippen LogP contribution in [0.1, 0.15) is 37.3 Å². The van der Waals surface area contributed by atoms with Crippen LogP contribution in [0.5, 0.6) is 5.75 Å². The van der Waals surface area contributed by atoms with E-state index in [4.69, 9.17) is 4.74 Å². The van der Waals surface area contributed by atoms with E-state index in [9.17, 15) is 4.79 Å². The molecule has 1 atom stereocenters. The largest absolute Gasteiger partial charge is 0.481 e. The number of carbonyl (C=O) groups is 1. The monoisotopic (exact) mass is 309 g/mol. The Labute approximate surface area is 137 Å². The number of hydrogen-bond acceptors (Lipinski definition) is 2. The molecule has 120 valence electrons. The number of nitrogens with one attached hydrogen (secondary N) is 1. The molecule has 2 aromatic rings. The summed E-state index contributed by atoms with van der Waals surface area (Å²) in [4.78, 5) is 12.6. The van der Waals surface area contributed by atoms with Crippen molar-refractivity contribution in [1.29, 1.82) is 0 Å². The number of amides is 1. The minimum atomic E-state index is -0.475. The average Bonchev–Trinajstić information content (AvgIpc) is 2.61. The van der Waals surface area contributed by atoms with Crippen LogP contribution in [0, 0.1) is 0 Å². The van der Waals surface area contributed by atoms with Crippen molar-refractivity contribution in [3.05, 3.63) is 59.7 Å². The summed E-state index contributed by atoms with van der Waals surface area (Å²) in [6, 6.07) is 15.7. The summed E-state index contributed by atoms with van der Waals surface area (Å²) >= 11 is 0. The highest BCUT2D eigenvalue weighted by molar-refractivity contribution is 5.95. The Bertz CT molecular complexity index is 667. The highest BCUT2D eigenvalue weighted by Gasteiger charge is 2.21. The van der Waals surface area contributed by atoms with Gasteiger partial charge < -0.3 is 10.1 Å². The average molecular weight is 309 g/mol. The second kappa shape index (κ2) is 7.32. The van der Waals surface area contributed by atoms with E-state index in [1.807, 2.05) is 49.4 Å². The lowest BCUT2D eigenvalue weighted by Crippen LogP contribution is -2.32. The van der Waals surface area contributed by atoms with Crippen molar-refractivity contribution in [1.82, 2.24) is 0 Å². The van der Waals surface area contributed by atoms with Crippen molar-refractivity contribution < 1.29 is 9.53 Å². The lowest BCUT2D eigenvalue weighted by molar-refractivity contribution is -0.122. The third-order valence-corrected chi connectivity index (χ3v) is 4.34. The molecule has 0 saturated carbocycles. The quantitative estimate of drug-likeness (QED) is 0.891. The summed E-state index contributed by atoms with van der Waals surface area (Å²) in [6.07, 6.45) is 4.74. The highest BCUT2D eigenvalue weighted by Crippen LogP contribution is 2.28. The fourth-order valence-corrected chi connectivity index (χ4v) is 3.10. The van der Waals surface area contributed by atoms with Crippen LogP contribution in [0.3, 0.4) is 0 Å². The third kappa shape index (κ3) is 3.73. The third-order valence-electron chi connectivity index (χ3n) is 4.34. The molecule has 2 aromatic carbocycles. The molecule has 0 spiro atoms. The predicted molar refractivity (Wildman–Crippen MR) is 92.9 cm³/mol. The Hall–Kier alpha value is -2.29. The van der Waals surface area contributed by atoms with Gasteiger partial charge in [-0.2, -0.15) is 0 Å². The topological polar surface area (TPSA) is 38.3 Å². The highest BCUT2D eigenvalue weighted by atomic mass is 16.5. The normalized spacial score (nSPS) is 14.7. The van der Waals surface area contributed by atoms with Crippen molar-refractivity contribution in [3.63, 3.8) is 0 Å². The summed E-state index contributed by atoms with van der Waals surface area (Å²) in [7, 11) is 0. The van der Waals surface area contributed by atoms with E-state index in [1.165, 1.54) is 24.0 Å². The summed E-state index contributed by atoms with van der Waals surface area (Å²) in [6.45, 7) is 1.97.